The number of nitrogens with one attached hydrogen (secondary N) is 2. The lowest BCUT2D eigenvalue weighted by Crippen LogP contribution is -2.54. The van der Waals surface area contributed by atoms with Crippen LogP contribution in [0.2, 0.25) is 0 Å². The van der Waals surface area contributed by atoms with E-state index in [2.05, 4.69) is 29.4 Å². The molecule has 0 radical (unpaired) electrons. The van der Waals surface area contributed by atoms with E-state index in [0.29, 0.717) is 24.4 Å². The number of carbonyl (C=O) groups excluding carboxylic acids is 1. The summed E-state index contributed by atoms with van der Waals surface area (Å²) in [6, 6.07) is 1.12. The summed E-state index contributed by atoms with van der Waals surface area (Å²) >= 11 is 0. The summed E-state index contributed by atoms with van der Waals surface area (Å²) in [5.41, 5.74) is -0.251. The molecule has 4 fully saturated rings. The molecule has 0 aromatic carbocycles. The summed E-state index contributed by atoms with van der Waals surface area (Å²) in [5.74, 6) is 0.647. The van der Waals surface area contributed by atoms with Gasteiger partial charge in [0.2, 0.25) is 5.91 Å². The Balaban J connectivity index is 1.37. The highest BCUT2D eigenvalue weighted by Gasteiger charge is 2.61. The molecule has 6 nitrogen and oxygen atoms in total. The molecule has 4 atom stereocenters. The molecule has 178 valence electrons. The number of nitrogens with zero attached hydrogens (tertiary/aromatic N) is 1. The van der Waals surface area contributed by atoms with E-state index in [1.165, 1.54) is 19.3 Å². The predicted molar refractivity (Wildman–Crippen MR) is 123 cm³/mol. The zero-order valence-electron chi connectivity index (χ0n) is 20.0. The Hall–Kier alpha value is -0.690. The summed E-state index contributed by atoms with van der Waals surface area (Å²) in [6.07, 6.45) is 9.34. The van der Waals surface area contributed by atoms with Crippen LogP contribution in [0.3, 0.4) is 0 Å². The Labute approximate surface area is 188 Å². The second-order valence-electron chi connectivity index (χ2n) is 11.8. The zero-order chi connectivity index (χ0) is 22.1. The van der Waals surface area contributed by atoms with Crippen LogP contribution in [0.4, 0.5) is 0 Å². The molecule has 1 saturated heterocycles. The first kappa shape index (κ1) is 23.5. The Bertz CT molecular complexity index is 628. The van der Waals surface area contributed by atoms with Gasteiger partial charge in [-0.15, -0.1) is 0 Å². The van der Waals surface area contributed by atoms with Gasteiger partial charge in [-0.1, -0.05) is 20.3 Å². The van der Waals surface area contributed by atoms with Gasteiger partial charge in [0.15, 0.2) is 0 Å². The summed E-state index contributed by atoms with van der Waals surface area (Å²) in [7, 11) is 0. The average Bonchev–Trinajstić information content (AvgIpc) is 2.90. The van der Waals surface area contributed by atoms with Crippen LogP contribution >= 0.6 is 0 Å². The molecule has 3 N–H and O–H groups in total. The topological polar surface area (TPSA) is 73.8 Å². The standard InChI is InChI=1S/C25H45N3O3/c1-23(2)18-21(27-19-5-4-6-19)25(10-9-24(3,30)17-20(23)25)8-7-22(29)26-11-12-28-13-15-31-16-14-28/h19-21,27,30H,4-18H2,1-3H3,(H,26,29). The molecule has 4 aliphatic rings. The largest absolute Gasteiger partial charge is 0.390 e. The number of rotatable bonds is 8. The lowest BCUT2D eigenvalue weighted by atomic mass is 9.57. The Morgan fingerprint density at radius 2 is 1.87 bits per heavy atom. The van der Waals surface area contributed by atoms with E-state index in [1.54, 1.807) is 0 Å². The maximum atomic E-state index is 12.8. The molecule has 0 bridgehead atoms. The molecule has 1 aliphatic heterocycles. The van der Waals surface area contributed by atoms with Crippen molar-refractivity contribution < 1.29 is 14.6 Å². The lowest BCUT2D eigenvalue weighted by molar-refractivity contribution is -0.123. The second kappa shape index (κ2) is 9.28. The van der Waals surface area contributed by atoms with E-state index in [0.717, 1.165) is 71.5 Å². The molecule has 4 unspecified atom stereocenters. The number of carbonyl (C=O) groups is 1. The van der Waals surface area contributed by atoms with Crippen molar-refractivity contribution in [1.29, 1.82) is 0 Å². The van der Waals surface area contributed by atoms with Crippen molar-refractivity contribution in [3.05, 3.63) is 0 Å². The number of aliphatic hydroxyl groups is 1. The van der Waals surface area contributed by atoms with Crippen molar-refractivity contribution in [3.63, 3.8) is 0 Å². The minimum Gasteiger partial charge on any atom is -0.390 e. The SMILES string of the molecule is CC1(O)CCC2(CCC(=O)NCCN3CCOCC3)C(NC3CCC3)CC(C)(C)C2C1. The summed E-state index contributed by atoms with van der Waals surface area (Å²) in [5, 5.41) is 18.1. The Morgan fingerprint density at radius 1 is 1.13 bits per heavy atom. The lowest BCUT2D eigenvalue weighted by Gasteiger charge is -2.51. The summed E-state index contributed by atoms with van der Waals surface area (Å²) in [6.45, 7) is 11.9. The van der Waals surface area contributed by atoms with Crippen molar-refractivity contribution in [2.75, 3.05) is 39.4 Å². The first-order valence-corrected chi connectivity index (χ1v) is 12.8. The molecular weight excluding hydrogens is 390 g/mol. The highest BCUT2D eigenvalue weighted by Crippen LogP contribution is 2.64. The van der Waals surface area contributed by atoms with E-state index >= 15 is 0 Å². The minimum atomic E-state index is -0.572. The van der Waals surface area contributed by atoms with Gasteiger partial charge in [-0.3, -0.25) is 9.69 Å². The summed E-state index contributed by atoms with van der Waals surface area (Å²) < 4.78 is 5.40. The average molecular weight is 436 g/mol. The van der Waals surface area contributed by atoms with Crippen LogP contribution in [0, 0.1) is 16.7 Å². The second-order valence-corrected chi connectivity index (χ2v) is 11.8. The molecule has 0 aromatic heterocycles. The van der Waals surface area contributed by atoms with Gasteiger partial charge in [-0.05, 0) is 68.6 Å². The zero-order valence-corrected chi connectivity index (χ0v) is 20.0. The van der Waals surface area contributed by atoms with Crippen LogP contribution < -0.4 is 10.6 Å². The van der Waals surface area contributed by atoms with Crippen LogP contribution in [0.5, 0.6) is 0 Å². The number of hydrogen-bond acceptors (Lipinski definition) is 5. The third-order valence-corrected chi connectivity index (χ3v) is 9.05. The van der Waals surface area contributed by atoms with Crippen LogP contribution in [-0.4, -0.2) is 73.0 Å². The fourth-order valence-corrected chi connectivity index (χ4v) is 6.94. The number of morpholine rings is 1. The van der Waals surface area contributed by atoms with Crippen LogP contribution in [-0.2, 0) is 9.53 Å². The Kier molecular flexibility index (Phi) is 7.03. The molecule has 4 rings (SSSR count). The van der Waals surface area contributed by atoms with Gasteiger partial charge >= 0.3 is 0 Å². The molecule has 0 aromatic rings. The van der Waals surface area contributed by atoms with Gasteiger partial charge in [-0.2, -0.15) is 0 Å². The molecule has 6 heteroatoms. The monoisotopic (exact) mass is 435 g/mol. The highest BCUT2D eigenvalue weighted by atomic mass is 16.5. The maximum Gasteiger partial charge on any atom is 0.220 e. The van der Waals surface area contributed by atoms with Gasteiger partial charge < -0.3 is 20.5 Å². The molecule has 0 spiro atoms. The smallest absolute Gasteiger partial charge is 0.220 e. The third-order valence-electron chi connectivity index (χ3n) is 9.05. The van der Waals surface area contributed by atoms with Gasteiger partial charge in [0.1, 0.15) is 0 Å². The number of fused-ring (bicyclic) bond motifs is 1. The van der Waals surface area contributed by atoms with Gasteiger partial charge in [0.25, 0.3) is 0 Å². The number of ether oxygens (including phenoxy) is 1. The molecule has 1 heterocycles. The maximum absolute atomic E-state index is 12.8. The van der Waals surface area contributed by atoms with Crippen molar-refractivity contribution >= 4 is 5.91 Å². The third kappa shape index (κ3) is 5.29. The number of hydrogen-bond donors (Lipinski definition) is 3. The van der Waals surface area contributed by atoms with Gasteiger partial charge in [0.05, 0.1) is 18.8 Å². The van der Waals surface area contributed by atoms with Crippen LogP contribution in [0.25, 0.3) is 0 Å². The van der Waals surface area contributed by atoms with Crippen LogP contribution in [0.1, 0.15) is 78.6 Å². The molecule has 1 amide bonds. The van der Waals surface area contributed by atoms with E-state index in [1.807, 2.05) is 6.92 Å². The first-order valence-electron chi connectivity index (χ1n) is 12.8. The van der Waals surface area contributed by atoms with Crippen LogP contribution in [0.15, 0.2) is 0 Å². The predicted octanol–water partition coefficient (Wildman–Crippen LogP) is 2.69. The van der Waals surface area contributed by atoms with Crippen molar-refractivity contribution in [2.24, 2.45) is 16.7 Å². The van der Waals surface area contributed by atoms with E-state index in [-0.39, 0.29) is 16.7 Å². The minimum absolute atomic E-state index is 0.128. The molecular formula is C25H45N3O3. The fourth-order valence-electron chi connectivity index (χ4n) is 6.94. The molecule has 3 aliphatic carbocycles. The van der Waals surface area contributed by atoms with E-state index < -0.39 is 5.60 Å². The van der Waals surface area contributed by atoms with Gasteiger partial charge in [0, 0.05) is 44.7 Å². The first-order chi connectivity index (χ1) is 14.7. The van der Waals surface area contributed by atoms with Crippen molar-refractivity contribution in [1.82, 2.24) is 15.5 Å². The molecule has 3 saturated carbocycles. The Morgan fingerprint density at radius 3 is 2.55 bits per heavy atom. The highest BCUT2D eigenvalue weighted by molar-refractivity contribution is 5.75. The van der Waals surface area contributed by atoms with Gasteiger partial charge in [-0.25, -0.2) is 0 Å². The van der Waals surface area contributed by atoms with Crippen molar-refractivity contribution in [2.45, 2.75) is 96.2 Å². The van der Waals surface area contributed by atoms with Crippen molar-refractivity contribution in [3.8, 4) is 0 Å². The molecule has 31 heavy (non-hydrogen) atoms. The number of amides is 1. The van der Waals surface area contributed by atoms with E-state index in [9.17, 15) is 9.90 Å². The normalized spacial score (nSPS) is 38.5. The summed E-state index contributed by atoms with van der Waals surface area (Å²) in [4.78, 5) is 15.1. The quantitative estimate of drug-likeness (QED) is 0.547. The fraction of sp³-hybridized carbons (Fsp3) is 0.960. The van der Waals surface area contributed by atoms with E-state index in [4.69, 9.17) is 4.74 Å².